The van der Waals surface area contributed by atoms with Gasteiger partial charge >= 0.3 is 0 Å². The van der Waals surface area contributed by atoms with Crippen LogP contribution in [0.5, 0.6) is 0 Å². The lowest BCUT2D eigenvalue weighted by Crippen LogP contribution is -2.44. The highest BCUT2D eigenvalue weighted by molar-refractivity contribution is 5.79. The smallest absolute Gasteiger partial charge is 0.226 e. The first-order valence-corrected chi connectivity index (χ1v) is 6.80. The van der Waals surface area contributed by atoms with Crippen LogP contribution >= 0.6 is 0 Å². The van der Waals surface area contributed by atoms with Gasteiger partial charge in [-0.15, -0.1) is 0 Å². The third-order valence-corrected chi connectivity index (χ3v) is 3.63. The number of amides is 1. The average molecular weight is 224 g/mol. The predicted octanol–water partition coefficient (Wildman–Crippen LogP) is 1.63. The highest BCUT2D eigenvalue weighted by atomic mass is 16.2. The third-order valence-electron chi connectivity index (χ3n) is 3.63. The van der Waals surface area contributed by atoms with Gasteiger partial charge in [-0.3, -0.25) is 4.79 Å². The number of carbonyl (C=O) groups excluding carboxylic acids is 1. The van der Waals surface area contributed by atoms with Gasteiger partial charge < -0.3 is 10.2 Å². The molecule has 0 spiro atoms. The lowest BCUT2D eigenvalue weighted by Gasteiger charge is -2.29. The molecule has 2 fully saturated rings. The van der Waals surface area contributed by atoms with Crippen molar-refractivity contribution in [1.29, 1.82) is 0 Å². The Hall–Kier alpha value is -0.570. The van der Waals surface area contributed by atoms with E-state index in [9.17, 15) is 4.79 Å². The van der Waals surface area contributed by atoms with E-state index in [4.69, 9.17) is 0 Å². The maximum atomic E-state index is 12.3. The summed E-state index contributed by atoms with van der Waals surface area (Å²) in [6.07, 6.45) is 5.97. The van der Waals surface area contributed by atoms with Gasteiger partial charge in [-0.1, -0.05) is 6.92 Å². The van der Waals surface area contributed by atoms with Crippen molar-refractivity contribution in [2.75, 3.05) is 26.2 Å². The van der Waals surface area contributed by atoms with Gasteiger partial charge in [0.1, 0.15) is 0 Å². The monoisotopic (exact) mass is 224 g/mol. The molecule has 0 aromatic carbocycles. The van der Waals surface area contributed by atoms with E-state index in [1.54, 1.807) is 0 Å². The first-order valence-electron chi connectivity index (χ1n) is 6.80. The number of nitrogens with zero attached hydrogens (tertiary/aromatic N) is 1. The maximum Gasteiger partial charge on any atom is 0.226 e. The first-order chi connectivity index (χ1) is 7.81. The number of hydrogen-bond donors (Lipinski definition) is 1. The quantitative estimate of drug-likeness (QED) is 0.770. The predicted molar refractivity (Wildman–Crippen MR) is 65.2 cm³/mol. The van der Waals surface area contributed by atoms with Crippen LogP contribution in [0.4, 0.5) is 0 Å². The Morgan fingerprint density at radius 1 is 1.38 bits per heavy atom. The van der Waals surface area contributed by atoms with Crippen molar-refractivity contribution in [3.8, 4) is 0 Å². The van der Waals surface area contributed by atoms with Crippen molar-refractivity contribution in [3.05, 3.63) is 0 Å². The van der Waals surface area contributed by atoms with E-state index in [1.807, 2.05) is 0 Å². The number of hydrogen-bond acceptors (Lipinski definition) is 2. The van der Waals surface area contributed by atoms with Crippen molar-refractivity contribution in [1.82, 2.24) is 10.2 Å². The second-order valence-corrected chi connectivity index (χ2v) is 5.27. The van der Waals surface area contributed by atoms with E-state index in [-0.39, 0.29) is 5.92 Å². The summed E-state index contributed by atoms with van der Waals surface area (Å²) < 4.78 is 0. The van der Waals surface area contributed by atoms with Crippen LogP contribution in [0.15, 0.2) is 0 Å². The minimum atomic E-state index is 0.249. The Morgan fingerprint density at radius 2 is 2.19 bits per heavy atom. The van der Waals surface area contributed by atoms with Crippen molar-refractivity contribution in [2.24, 2.45) is 11.8 Å². The largest absolute Gasteiger partial charge is 0.342 e. The standard InChI is InChI=1S/C13H24N2O/c1-2-8-15(10-11-5-6-11)13(16)12-4-3-7-14-9-12/h11-12,14H,2-10H2,1H3/t12-/m0/s1. The molecule has 1 aliphatic carbocycles. The summed E-state index contributed by atoms with van der Waals surface area (Å²) in [6, 6.07) is 0. The van der Waals surface area contributed by atoms with Gasteiger partial charge in [0, 0.05) is 19.6 Å². The molecule has 0 aromatic rings. The molecule has 0 aromatic heterocycles. The molecule has 2 rings (SSSR count). The SMILES string of the molecule is CCCN(CC1CC1)C(=O)[C@H]1CCCNC1. The molecular weight excluding hydrogens is 200 g/mol. The molecule has 1 aliphatic heterocycles. The van der Waals surface area contributed by atoms with E-state index in [2.05, 4.69) is 17.1 Å². The number of nitrogens with one attached hydrogen (secondary N) is 1. The Kier molecular flexibility index (Phi) is 4.22. The van der Waals surface area contributed by atoms with E-state index in [0.29, 0.717) is 5.91 Å². The van der Waals surface area contributed by atoms with Crippen LogP contribution in [0.25, 0.3) is 0 Å². The molecule has 1 heterocycles. The van der Waals surface area contributed by atoms with Crippen LogP contribution in [0, 0.1) is 11.8 Å². The zero-order chi connectivity index (χ0) is 11.4. The number of piperidine rings is 1. The zero-order valence-electron chi connectivity index (χ0n) is 10.4. The summed E-state index contributed by atoms with van der Waals surface area (Å²) in [5, 5.41) is 3.33. The van der Waals surface area contributed by atoms with E-state index < -0.39 is 0 Å². The molecule has 1 N–H and O–H groups in total. The fraction of sp³-hybridized carbons (Fsp3) is 0.923. The first kappa shape index (κ1) is 11.9. The minimum Gasteiger partial charge on any atom is -0.342 e. The summed E-state index contributed by atoms with van der Waals surface area (Å²) in [4.78, 5) is 14.5. The molecule has 0 unspecified atom stereocenters. The molecule has 92 valence electrons. The van der Waals surface area contributed by atoms with Crippen LogP contribution in [-0.2, 0) is 4.79 Å². The molecule has 1 saturated heterocycles. The highest BCUT2D eigenvalue weighted by Gasteiger charge is 2.30. The Labute approximate surface area is 98.6 Å². The van der Waals surface area contributed by atoms with Gasteiger partial charge in [-0.2, -0.15) is 0 Å². The van der Waals surface area contributed by atoms with E-state index in [0.717, 1.165) is 51.4 Å². The zero-order valence-corrected chi connectivity index (χ0v) is 10.4. The van der Waals surface area contributed by atoms with Crippen LogP contribution in [0.1, 0.15) is 39.0 Å². The van der Waals surface area contributed by atoms with Gasteiger partial charge in [-0.05, 0) is 44.6 Å². The van der Waals surface area contributed by atoms with Crippen LogP contribution < -0.4 is 5.32 Å². The summed E-state index contributed by atoms with van der Waals surface area (Å²) in [5.41, 5.74) is 0. The topological polar surface area (TPSA) is 32.3 Å². The molecular formula is C13H24N2O. The van der Waals surface area contributed by atoms with E-state index >= 15 is 0 Å². The van der Waals surface area contributed by atoms with Crippen molar-refractivity contribution in [3.63, 3.8) is 0 Å². The summed E-state index contributed by atoms with van der Waals surface area (Å²) >= 11 is 0. The van der Waals surface area contributed by atoms with Crippen molar-refractivity contribution >= 4 is 5.91 Å². The second-order valence-electron chi connectivity index (χ2n) is 5.27. The average Bonchev–Trinajstić information content (AvgIpc) is 3.13. The molecule has 1 saturated carbocycles. The number of rotatable bonds is 5. The molecule has 1 atom stereocenters. The fourth-order valence-corrected chi connectivity index (χ4v) is 2.49. The molecule has 16 heavy (non-hydrogen) atoms. The normalized spacial score (nSPS) is 25.4. The van der Waals surface area contributed by atoms with Gasteiger partial charge in [0.2, 0.25) is 5.91 Å². The van der Waals surface area contributed by atoms with Crippen LogP contribution in [-0.4, -0.2) is 37.0 Å². The maximum absolute atomic E-state index is 12.3. The minimum absolute atomic E-state index is 0.249. The molecule has 2 aliphatic rings. The summed E-state index contributed by atoms with van der Waals surface area (Å²) in [6.45, 7) is 6.10. The molecule has 0 radical (unpaired) electrons. The fourth-order valence-electron chi connectivity index (χ4n) is 2.49. The van der Waals surface area contributed by atoms with Crippen molar-refractivity contribution < 1.29 is 4.79 Å². The lowest BCUT2D eigenvalue weighted by atomic mass is 9.98. The summed E-state index contributed by atoms with van der Waals surface area (Å²) in [7, 11) is 0. The molecule has 1 amide bonds. The molecule has 3 heteroatoms. The van der Waals surface area contributed by atoms with E-state index in [1.165, 1.54) is 12.8 Å². The second kappa shape index (κ2) is 5.67. The Morgan fingerprint density at radius 3 is 2.75 bits per heavy atom. The number of carbonyl (C=O) groups is 1. The lowest BCUT2D eigenvalue weighted by molar-refractivity contribution is -0.136. The Balaban J connectivity index is 1.86. The van der Waals surface area contributed by atoms with Gasteiger partial charge in [-0.25, -0.2) is 0 Å². The Bertz CT molecular complexity index is 232. The third kappa shape index (κ3) is 3.21. The molecule has 3 nitrogen and oxygen atoms in total. The van der Waals surface area contributed by atoms with Crippen LogP contribution in [0.2, 0.25) is 0 Å². The summed E-state index contributed by atoms with van der Waals surface area (Å²) in [5.74, 6) is 1.46. The van der Waals surface area contributed by atoms with Gasteiger partial charge in [0.15, 0.2) is 0 Å². The van der Waals surface area contributed by atoms with Crippen LogP contribution in [0.3, 0.4) is 0 Å². The van der Waals surface area contributed by atoms with Crippen molar-refractivity contribution in [2.45, 2.75) is 39.0 Å². The van der Waals surface area contributed by atoms with Gasteiger partial charge in [0.25, 0.3) is 0 Å². The van der Waals surface area contributed by atoms with Gasteiger partial charge in [0.05, 0.1) is 5.92 Å². The molecule has 0 bridgehead atoms. The highest BCUT2D eigenvalue weighted by Crippen LogP contribution is 2.30.